The van der Waals surface area contributed by atoms with Gasteiger partial charge in [0.15, 0.2) is 0 Å². The molecule has 0 aromatic carbocycles. The van der Waals surface area contributed by atoms with Gasteiger partial charge in [0.1, 0.15) is 0 Å². The standard InChI is InChI=1S/C12H23N3O/c1-12(2,3)7-11(16)9-13-8-10-5-6-14-15(10)4/h5-6,11,13,16H,7-9H2,1-4H3. The molecule has 2 N–H and O–H groups in total. The molecule has 0 amide bonds. The molecular formula is C12H23N3O. The number of hydrogen-bond acceptors (Lipinski definition) is 3. The fourth-order valence-corrected chi connectivity index (χ4v) is 1.72. The molecule has 0 spiro atoms. The van der Waals surface area contributed by atoms with Gasteiger partial charge >= 0.3 is 0 Å². The van der Waals surface area contributed by atoms with E-state index < -0.39 is 0 Å². The van der Waals surface area contributed by atoms with E-state index in [0.29, 0.717) is 6.54 Å². The van der Waals surface area contributed by atoms with Gasteiger partial charge in [-0.25, -0.2) is 0 Å². The molecule has 0 saturated heterocycles. The second kappa shape index (κ2) is 5.46. The quantitative estimate of drug-likeness (QED) is 0.794. The molecule has 1 unspecified atom stereocenters. The van der Waals surface area contributed by atoms with Crippen LogP contribution in [0.25, 0.3) is 0 Å². The SMILES string of the molecule is Cn1nccc1CNCC(O)CC(C)(C)C. The molecule has 0 fully saturated rings. The summed E-state index contributed by atoms with van der Waals surface area (Å²) in [6.07, 6.45) is 2.31. The van der Waals surface area contributed by atoms with E-state index in [2.05, 4.69) is 31.2 Å². The van der Waals surface area contributed by atoms with Crippen molar-refractivity contribution in [2.24, 2.45) is 12.5 Å². The van der Waals surface area contributed by atoms with Crippen LogP contribution in [0.3, 0.4) is 0 Å². The molecule has 4 nitrogen and oxygen atoms in total. The number of aliphatic hydroxyl groups is 1. The Hall–Kier alpha value is -0.870. The number of aryl methyl sites for hydroxylation is 1. The first kappa shape index (κ1) is 13.2. The minimum absolute atomic E-state index is 0.174. The van der Waals surface area contributed by atoms with E-state index in [1.165, 1.54) is 0 Å². The van der Waals surface area contributed by atoms with Crippen LogP contribution in [-0.2, 0) is 13.6 Å². The summed E-state index contributed by atoms with van der Waals surface area (Å²) in [5.74, 6) is 0. The van der Waals surface area contributed by atoms with Gasteiger partial charge in [0.05, 0.1) is 11.8 Å². The van der Waals surface area contributed by atoms with Gasteiger partial charge in [0, 0.05) is 26.3 Å². The first-order valence-electron chi connectivity index (χ1n) is 5.74. The number of rotatable bonds is 5. The zero-order valence-electron chi connectivity index (χ0n) is 10.7. The molecule has 1 atom stereocenters. The van der Waals surface area contributed by atoms with Gasteiger partial charge in [0.2, 0.25) is 0 Å². The number of hydrogen-bond donors (Lipinski definition) is 2. The molecule has 92 valence electrons. The summed E-state index contributed by atoms with van der Waals surface area (Å²) in [5, 5.41) is 17.1. The van der Waals surface area contributed by atoms with Gasteiger partial charge in [-0.15, -0.1) is 0 Å². The second-order valence-electron chi connectivity index (χ2n) is 5.50. The lowest BCUT2D eigenvalue weighted by Crippen LogP contribution is -2.30. The smallest absolute Gasteiger partial charge is 0.0669 e. The van der Waals surface area contributed by atoms with Crippen LogP contribution >= 0.6 is 0 Å². The lowest BCUT2D eigenvalue weighted by Gasteiger charge is -2.22. The highest BCUT2D eigenvalue weighted by molar-refractivity contribution is 4.99. The minimum Gasteiger partial charge on any atom is -0.392 e. The highest BCUT2D eigenvalue weighted by Gasteiger charge is 2.16. The maximum absolute atomic E-state index is 9.80. The lowest BCUT2D eigenvalue weighted by molar-refractivity contribution is 0.119. The molecule has 1 aromatic rings. The highest BCUT2D eigenvalue weighted by atomic mass is 16.3. The highest BCUT2D eigenvalue weighted by Crippen LogP contribution is 2.20. The van der Waals surface area contributed by atoms with E-state index in [9.17, 15) is 5.11 Å². The van der Waals surface area contributed by atoms with Gasteiger partial charge in [-0.05, 0) is 17.9 Å². The summed E-state index contributed by atoms with van der Waals surface area (Å²) in [7, 11) is 1.92. The third-order valence-electron chi connectivity index (χ3n) is 2.46. The third kappa shape index (κ3) is 4.77. The van der Waals surface area contributed by atoms with Crippen LogP contribution in [0.5, 0.6) is 0 Å². The maximum atomic E-state index is 9.80. The van der Waals surface area contributed by atoms with E-state index in [0.717, 1.165) is 18.7 Å². The fraction of sp³-hybridized carbons (Fsp3) is 0.750. The van der Waals surface area contributed by atoms with Crippen LogP contribution in [0.15, 0.2) is 12.3 Å². The number of nitrogens with zero attached hydrogens (tertiary/aromatic N) is 2. The zero-order valence-corrected chi connectivity index (χ0v) is 10.7. The molecule has 0 aliphatic rings. The summed E-state index contributed by atoms with van der Waals surface area (Å²) in [5.41, 5.74) is 1.30. The molecular weight excluding hydrogens is 202 g/mol. The molecule has 4 heteroatoms. The maximum Gasteiger partial charge on any atom is 0.0669 e. The van der Waals surface area contributed by atoms with E-state index >= 15 is 0 Å². The van der Waals surface area contributed by atoms with Crippen LogP contribution < -0.4 is 5.32 Å². The predicted octanol–water partition coefficient (Wildman–Crippen LogP) is 1.31. The lowest BCUT2D eigenvalue weighted by atomic mass is 9.89. The monoisotopic (exact) mass is 225 g/mol. The van der Waals surface area contributed by atoms with Gasteiger partial charge < -0.3 is 10.4 Å². The van der Waals surface area contributed by atoms with Crippen molar-refractivity contribution >= 4 is 0 Å². The normalized spacial score (nSPS) is 14.1. The number of aliphatic hydroxyl groups excluding tert-OH is 1. The van der Waals surface area contributed by atoms with Crippen molar-refractivity contribution in [3.05, 3.63) is 18.0 Å². The summed E-state index contributed by atoms with van der Waals surface area (Å²) in [4.78, 5) is 0. The third-order valence-corrected chi connectivity index (χ3v) is 2.46. The Morgan fingerprint density at radius 1 is 1.50 bits per heavy atom. The van der Waals surface area contributed by atoms with Crippen LogP contribution in [0.2, 0.25) is 0 Å². The molecule has 1 rings (SSSR count). The van der Waals surface area contributed by atoms with E-state index in [-0.39, 0.29) is 11.5 Å². The topological polar surface area (TPSA) is 50.1 Å². The van der Waals surface area contributed by atoms with Crippen molar-refractivity contribution in [3.63, 3.8) is 0 Å². The number of nitrogens with one attached hydrogen (secondary N) is 1. The van der Waals surface area contributed by atoms with Gasteiger partial charge in [-0.2, -0.15) is 5.10 Å². The van der Waals surface area contributed by atoms with Gasteiger partial charge in [-0.1, -0.05) is 20.8 Å². The van der Waals surface area contributed by atoms with E-state index in [1.807, 2.05) is 17.8 Å². The molecule has 0 aliphatic heterocycles. The Morgan fingerprint density at radius 3 is 2.69 bits per heavy atom. The summed E-state index contributed by atoms with van der Waals surface area (Å²) in [6, 6.07) is 1.98. The van der Waals surface area contributed by atoms with Gasteiger partial charge in [-0.3, -0.25) is 4.68 Å². The van der Waals surface area contributed by atoms with Crippen LogP contribution in [-0.4, -0.2) is 27.5 Å². The first-order valence-corrected chi connectivity index (χ1v) is 5.74. The Balaban J connectivity index is 2.23. The molecule has 0 aliphatic carbocycles. The molecule has 1 aromatic heterocycles. The fourth-order valence-electron chi connectivity index (χ4n) is 1.72. The zero-order chi connectivity index (χ0) is 12.2. The van der Waals surface area contributed by atoms with Crippen molar-refractivity contribution in [1.82, 2.24) is 15.1 Å². The largest absolute Gasteiger partial charge is 0.392 e. The van der Waals surface area contributed by atoms with Gasteiger partial charge in [0.25, 0.3) is 0 Å². The Kier molecular flexibility index (Phi) is 4.50. The summed E-state index contributed by atoms with van der Waals surface area (Å²) >= 11 is 0. The van der Waals surface area contributed by atoms with Crippen molar-refractivity contribution in [2.45, 2.75) is 39.8 Å². The van der Waals surface area contributed by atoms with E-state index in [4.69, 9.17) is 0 Å². The Labute approximate surface area is 97.7 Å². The predicted molar refractivity (Wildman–Crippen MR) is 65.0 cm³/mol. The summed E-state index contributed by atoms with van der Waals surface area (Å²) in [6.45, 7) is 7.78. The Morgan fingerprint density at radius 2 is 2.19 bits per heavy atom. The molecule has 0 saturated carbocycles. The van der Waals surface area contributed by atoms with Crippen LogP contribution in [0, 0.1) is 5.41 Å². The molecule has 0 bridgehead atoms. The van der Waals surface area contributed by atoms with Crippen molar-refractivity contribution in [3.8, 4) is 0 Å². The first-order chi connectivity index (χ1) is 7.38. The molecule has 1 heterocycles. The minimum atomic E-state index is -0.284. The Bertz CT molecular complexity index is 314. The average molecular weight is 225 g/mol. The number of aromatic nitrogens is 2. The van der Waals surface area contributed by atoms with Crippen LogP contribution in [0.1, 0.15) is 32.9 Å². The van der Waals surface area contributed by atoms with Crippen molar-refractivity contribution < 1.29 is 5.11 Å². The van der Waals surface area contributed by atoms with Crippen molar-refractivity contribution in [1.29, 1.82) is 0 Å². The average Bonchev–Trinajstić information content (AvgIpc) is 2.48. The van der Waals surface area contributed by atoms with Crippen molar-refractivity contribution in [2.75, 3.05) is 6.54 Å². The second-order valence-corrected chi connectivity index (χ2v) is 5.50. The summed E-state index contributed by atoms with van der Waals surface area (Å²) < 4.78 is 1.84. The van der Waals surface area contributed by atoms with E-state index in [1.54, 1.807) is 6.20 Å². The molecule has 16 heavy (non-hydrogen) atoms. The molecule has 0 radical (unpaired) electrons. The van der Waals surface area contributed by atoms with Crippen LogP contribution in [0.4, 0.5) is 0 Å².